The molecular formula is C14H25NO2. The van der Waals surface area contributed by atoms with E-state index < -0.39 is 0 Å². The van der Waals surface area contributed by atoms with Gasteiger partial charge in [0.25, 0.3) is 0 Å². The zero-order chi connectivity index (χ0) is 12.3. The van der Waals surface area contributed by atoms with Gasteiger partial charge in [0.2, 0.25) is 5.91 Å². The normalized spacial score (nSPS) is 25.6. The Labute approximate surface area is 104 Å². The number of hydrogen-bond donors (Lipinski definition) is 1. The monoisotopic (exact) mass is 239 g/mol. The van der Waals surface area contributed by atoms with Gasteiger partial charge in [-0.2, -0.15) is 0 Å². The summed E-state index contributed by atoms with van der Waals surface area (Å²) >= 11 is 0. The zero-order valence-electron chi connectivity index (χ0n) is 11.1. The van der Waals surface area contributed by atoms with Crippen LogP contribution in [-0.2, 0) is 9.53 Å². The highest BCUT2D eigenvalue weighted by atomic mass is 16.5. The minimum absolute atomic E-state index is 0.0905. The van der Waals surface area contributed by atoms with E-state index in [1.807, 2.05) is 0 Å². The maximum atomic E-state index is 11.9. The summed E-state index contributed by atoms with van der Waals surface area (Å²) in [5, 5.41) is 3.07. The second-order valence-corrected chi connectivity index (χ2v) is 6.22. The minimum Gasteiger partial charge on any atom is -0.381 e. The van der Waals surface area contributed by atoms with Crippen molar-refractivity contribution in [3.05, 3.63) is 0 Å². The molecule has 98 valence electrons. The molecule has 0 aromatic carbocycles. The predicted molar refractivity (Wildman–Crippen MR) is 67.7 cm³/mol. The van der Waals surface area contributed by atoms with Gasteiger partial charge >= 0.3 is 0 Å². The minimum atomic E-state index is 0.0905. The Bertz CT molecular complexity index is 265. The van der Waals surface area contributed by atoms with Crippen molar-refractivity contribution in [2.45, 2.75) is 46.0 Å². The number of nitrogens with one attached hydrogen (secondary N) is 1. The standard InChI is InChI=1S/C14H25NO2/c1-14(2,12-5-6-12)7-8-15-13(16)11-4-3-9-17-10-11/h11-12H,3-10H2,1-2H3,(H,15,16). The van der Waals surface area contributed by atoms with E-state index in [1.54, 1.807) is 0 Å². The van der Waals surface area contributed by atoms with Crippen molar-refractivity contribution < 1.29 is 9.53 Å². The van der Waals surface area contributed by atoms with Crippen LogP contribution in [-0.4, -0.2) is 25.7 Å². The fourth-order valence-corrected chi connectivity index (χ4v) is 2.67. The molecule has 1 N–H and O–H groups in total. The van der Waals surface area contributed by atoms with Crippen molar-refractivity contribution in [3.63, 3.8) is 0 Å². The first-order chi connectivity index (χ1) is 8.09. The van der Waals surface area contributed by atoms with Crippen molar-refractivity contribution in [2.24, 2.45) is 17.3 Å². The molecule has 1 aliphatic heterocycles. The number of amides is 1. The van der Waals surface area contributed by atoms with Gasteiger partial charge in [0.15, 0.2) is 0 Å². The van der Waals surface area contributed by atoms with Gasteiger partial charge < -0.3 is 10.1 Å². The topological polar surface area (TPSA) is 38.3 Å². The molecule has 0 radical (unpaired) electrons. The summed E-state index contributed by atoms with van der Waals surface area (Å²) in [7, 11) is 0. The van der Waals surface area contributed by atoms with Crippen LogP contribution in [0.3, 0.4) is 0 Å². The van der Waals surface area contributed by atoms with E-state index in [0.717, 1.165) is 38.3 Å². The van der Waals surface area contributed by atoms with Gasteiger partial charge in [-0.05, 0) is 43.4 Å². The summed E-state index contributed by atoms with van der Waals surface area (Å²) in [5.74, 6) is 1.17. The fraction of sp³-hybridized carbons (Fsp3) is 0.929. The van der Waals surface area contributed by atoms with Gasteiger partial charge in [-0.3, -0.25) is 4.79 Å². The first kappa shape index (κ1) is 12.9. The highest BCUT2D eigenvalue weighted by Crippen LogP contribution is 2.46. The highest BCUT2D eigenvalue weighted by molar-refractivity contribution is 5.78. The summed E-state index contributed by atoms with van der Waals surface area (Å²) in [6, 6.07) is 0. The van der Waals surface area contributed by atoms with Crippen LogP contribution in [0.2, 0.25) is 0 Å². The summed E-state index contributed by atoms with van der Waals surface area (Å²) in [4.78, 5) is 11.9. The molecule has 0 bridgehead atoms. The number of ether oxygens (including phenoxy) is 1. The lowest BCUT2D eigenvalue weighted by Crippen LogP contribution is -2.37. The third-order valence-electron chi connectivity index (χ3n) is 4.28. The molecular weight excluding hydrogens is 214 g/mol. The lowest BCUT2D eigenvalue weighted by molar-refractivity contribution is -0.129. The van der Waals surface area contributed by atoms with Gasteiger partial charge in [-0.25, -0.2) is 0 Å². The van der Waals surface area contributed by atoms with E-state index in [2.05, 4.69) is 19.2 Å². The zero-order valence-corrected chi connectivity index (χ0v) is 11.1. The maximum Gasteiger partial charge on any atom is 0.225 e. The summed E-state index contributed by atoms with van der Waals surface area (Å²) in [6.45, 7) is 6.89. The Morgan fingerprint density at radius 1 is 1.35 bits per heavy atom. The summed E-state index contributed by atoms with van der Waals surface area (Å²) in [5.41, 5.74) is 0.399. The van der Waals surface area contributed by atoms with Gasteiger partial charge in [-0.1, -0.05) is 13.8 Å². The van der Waals surface area contributed by atoms with Crippen LogP contribution >= 0.6 is 0 Å². The van der Waals surface area contributed by atoms with Crippen molar-refractivity contribution in [3.8, 4) is 0 Å². The molecule has 2 rings (SSSR count). The Hall–Kier alpha value is -0.570. The molecule has 2 fully saturated rings. The van der Waals surface area contributed by atoms with E-state index in [9.17, 15) is 4.79 Å². The van der Waals surface area contributed by atoms with E-state index in [-0.39, 0.29) is 11.8 Å². The Kier molecular flexibility index (Phi) is 4.08. The first-order valence-corrected chi connectivity index (χ1v) is 6.95. The van der Waals surface area contributed by atoms with E-state index in [0.29, 0.717) is 12.0 Å². The highest BCUT2D eigenvalue weighted by Gasteiger charge is 2.37. The fourth-order valence-electron chi connectivity index (χ4n) is 2.67. The third-order valence-corrected chi connectivity index (χ3v) is 4.28. The van der Waals surface area contributed by atoms with E-state index in [4.69, 9.17) is 4.74 Å². The van der Waals surface area contributed by atoms with Gasteiger partial charge in [-0.15, -0.1) is 0 Å². The summed E-state index contributed by atoms with van der Waals surface area (Å²) in [6.07, 6.45) is 5.84. The van der Waals surface area contributed by atoms with Crippen LogP contribution in [0.1, 0.15) is 46.0 Å². The largest absolute Gasteiger partial charge is 0.381 e. The predicted octanol–water partition coefficient (Wildman–Crippen LogP) is 2.36. The molecule has 1 unspecified atom stereocenters. The van der Waals surface area contributed by atoms with Crippen LogP contribution in [0.25, 0.3) is 0 Å². The SMILES string of the molecule is CC(C)(CCNC(=O)C1CCCOC1)C1CC1. The number of hydrogen-bond acceptors (Lipinski definition) is 2. The molecule has 0 aromatic heterocycles. The number of rotatable bonds is 5. The van der Waals surface area contributed by atoms with Crippen LogP contribution in [0, 0.1) is 17.3 Å². The Balaban J connectivity index is 1.65. The maximum absolute atomic E-state index is 11.9. The smallest absolute Gasteiger partial charge is 0.225 e. The third kappa shape index (κ3) is 3.70. The molecule has 3 heteroatoms. The molecule has 2 aliphatic rings. The second-order valence-electron chi connectivity index (χ2n) is 6.22. The molecule has 3 nitrogen and oxygen atoms in total. The molecule has 17 heavy (non-hydrogen) atoms. The van der Waals surface area contributed by atoms with Crippen molar-refractivity contribution in [2.75, 3.05) is 19.8 Å². The average molecular weight is 239 g/mol. The quantitative estimate of drug-likeness (QED) is 0.800. The molecule has 1 amide bonds. The second kappa shape index (κ2) is 5.38. The van der Waals surface area contributed by atoms with Crippen LogP contribution in [0.4, 0.5) is 0 Å². The van der Waals surface area contributed by atoms with Crippen molar-refractivity contribution in [1.82, 2.24) is 5.32 Å². The summed E-state index contributed by atoms with van der Waals surface area (Å²) < 4.78 is 5.34. The van der Waals surface area contributed by atoms with Gasteiger partial charge in [0.1, 0.15) is 0 Å². The average Bonchev–Trinajstić information content (AvgIpc) is 3.14. The molecule has 1 heterocycles. The first-order valence-electron chi connectivity index (χ1n) is 6.95. The number of carbonyl (C=O) groups excluding carboxylic acids is 1. The molecule has 1 saturated carbocycles. The van der Waals surface area contributed by atoms with E-state index >= 15 is 0 Å². The molecule has 0 spiro atoms. The van der Waals surface area contributed by atoms with E-state index in [1.165, 1.54) is 12.8 Å². The molecule has 1 aliphatic carbocycles. The van der Waals surface area contributed by atoms with Crippen molar-refractivity contribution >= 4 is 5.91 Å². The van der Waals surface area contributed by atoms with Crippen LogP contribution in [0.15, 0.2) is 0 Å². The Morgan fingerprint density at radius 3 is 2.71 bits per heavy atom. The lowest BCUT2D eigenvalue weighted by Gasteiger charge is -2.26. The van der Waals surface area contributed by atoms with Crippen molar-refractivity contribution in [1.29, 1.82) is 0 Å². The lowest BCUT2D eigenvalue weighted by atomic mass is 9.84. The molecule has 1 atom stereocenters. The Morgan fingerprint density at radius 2 is 2.12 bits per heavy atom. The van der Waals surface area contributed by atoms with Gasteiger partial charge in [0.05, 0.1) is 12.5 Å². The van der Waals surface area contributed by atoms with Crippen LogP contribution < -0.4 is 5.32 Å². The van der Waals surface area contributed by atoms with Crippen LogP contribution in [0.5, 0.6) is 0 Å². The molecule has 0 aromatic rings. The number of carbonyl (C=O) groups is 1. The van der Waals surface area contributed by atoms with Gasteiger partial charge in [0, 0.05) is 13.2 Å². The molecule has 1 saturated heterocycles.